The second kappa shape index (κ2) is 8.36. The molecule has 2 aliphatic rings. The van der Waals surface area contributed by atoms with Crippen LogP contribution in [0.25, 0.3) is 0 Å². The second-order valence-corrected chi connectivity index (χ2v) is 8.95. The molecule has 3 rings (SSSR count). The summed E-state index contributed by atoms with van der Waals surface area (Å²) in [4.78, 5) is 31.8. The third-order valence-corrected chi connectivity index (χ3v) is 6.13. The first-order valence-electron chi connectivity index (χ1n) is 9.12. The van der Waals surface area contributed by atoms with Gasteiger partial charge in [0.2, 0.25) is 5.91 Å². The molecule has 1 unspecified atom stereocenters. The molecule has 1 atom stereocenters. The van der Waals surface area contributed by atoms with Gasteiger partial charge in [-0.15, -0.1) is 11.3 Å². The fourth-order valence-electron chi connectivity index (χ4n) is 3.69. The van der Waals surface area contributed by atoms with E-state index >= 15 is 0 Å². The number of carbonyl (C=O) groups is 2. The van der Waals surface area contributed by atoms with Gasteiger partial charge in [0, 0.05) is 30.6 Å². The predicted octanol–water partition coefficient (Wildman–Crippen LogP) is 3.23. The van der Waals surface area contributed by atoms with Gasteiger partial charge in [0.05, 0.1) is 16.1 Å². The summed E-state index contributed by atoms with van der Waals surface area (Å²) < 4.78 is 31.7. The van der Waals surface area contributed by atoms with E-state index in [1.165, 1.54) is 4.88 Å². The lowest BCUT2D eigenvalue weighted by atomic mass is 9.71. The van der Waals surface area contributed by atoms with Crippen LogP contribution in [0.5, 0.6) is 0 Å². The van der Waals surface area contributed by atoms with E-state index in [1.807, 2.05) is 4.90 Å². The number of carboxylic acids is 1. The number of hydrogen-bond acceptors (Lipinski definition) is 5. The number of β-lactam (4-membered cyclic amide) rings is 1. The Morgan fingerprint density at radius 1 is 1.32 bits per heavy atom. The SMILES string of the molecule is Cc1nc(C)c(CN2CCCC3(C2)CN(C(C)C)C3=O)s1.O=C(O)C(F)(F)F. The number of rotatable bonds is 3. The number of thiazole rings is 1. The molecule has 10 heteroatoms. The van der Waals surface area contributed by atoms with Crippen molar-refractivity contribution in [3.63, 3.8) is 0 Å². The Morgan fingerprint density at radius 2 is 1.93 bits per heavy atom. The maximum Gasteiger partial charge on any atom is 0.490 e. The highest BCUT2D eigenvalue weighted by Crippen LogP contribution is 2.41. The van der Waals surface area contributed by atoms with Gasteiger partial charge in [-0.2, -0.15) is 13.2 Å². The van der Waals surface area contributed by atoms with Crippen LogP contribution in [0, 0.1) is 19.3 Å². The fourth-order valence-corrected chi connectivity index (χ4v) is 4.66. The van der Waals surface area contributed by atoms with E-state index in [-0.39, 0.29) is 5.41 Å². The first kappa shape index (κ1) is 22.6. The lowest BCUT2D eigenvalue weighted by Gasteiger charge is -2.54. The molecule has 0 bridgehead atoms. The summed E-state index contributed by atoms with van der Waals surface area (Å²) in [6.45, 7) is 12.3. The van der Waals surface area contributed by atoms with E-state index in [2.05, 4.69) is 37.6 Å². The third kappa shape index (κ3) is 5.02. The summed E-state index contributed by atoms with van der Waals surface area (Å²) in [5.41, 5.74) is 1.07. The number of likely N-dealkylation sites (tertiary alicyclic amines) is 2. The van der Waals surface area contributed by atoms with Gasteiger partial charge < -0.3 is 10.0 Å². The monoisotopic (exact) mass is 421 g/mol. The molecule has 158 valence electrons. The highest BCUT2D eigenvalue weighted by atomic mass is 32.1. The van der Waals surface area contributed by atoms with Gasteiger partial charge in [-0.25, -0.2) is 9.78 Å². The first-order valence-corrected chi connectivity index (χ1v) is 9.94. The van der Waals surface area contributed by atoms with E-state index in [9.17, 15) is 18.0 Å². The number of aromatic nitrogens is 1. The molecule has 2 aliphatic heterocycles. The van der Waals surface area contributed by atoms with Crippen LogP contribution in [-0.4, -0.2) is 63.6 Å². The van der Waals surface area contributed by atoms with Gasteiger partial charge in [0.15, 0.2) is 0 Å². The zero-order valence-electron chi connectivity index (χ0n) is 16.5. The summed E-state index contributed by atoms with van der Waals surface area (Å²) in [5.74, 6) is -2.38. The molecule has 0 radical (unpaired) electrons. The van der Waals surface area contributed by atoms with Crippen molar-refractivity contribution in [1.82, 2.24) is 14.8 Å². The molecule has 1 aromatic rings. The normalized spacial score (nSPS) is 22.9. The van der Waals surface area contributed by atoms with Crippen molar-refractivity contribution >= 4 is 23.2 Å². The lowest BCUT2D eigenvalue weighted by Crippen LogP contribution is -2.68. The Hall–Kier alpha value is -1.68. The number of alkyl halides is 3. The highest BCUT2D eigenvalue weighted by molar-refractivity contribution is 7.11. The van der Waals surface area contributed by atoms with Crippen LogP contribution < -0.4 is 0 Å². The largest absolute Gasteiger partial charge is 0.490 e. The first-order chi connectivity index (χ1) is 12.9. The van der Waals surface area contributed by atoms with Crippen molar-refractivity contribution < 1.29 is 27.9 Å². The van der Waals surface area contributed by atoms with Crippen LogP contribution in [-0.2, 0) is 16.1 Å². The molecule has 0 aromatic carbocycles. The number of aliphatic carboxylic acids is 1. The zero-order valence-corrected chi connectivity index (χ0v) is 17.3. The van der Waals surface area contributed by atoms with E-state index < -0.39 is 12.1 Å². The molecule has 1 spiro atoms. The van der Waals surface area contributed by atoms with Crippen LogP contribution in [0.4, 0.5) is 13.2 Å². The molecule has 0 saturated carbocycles. The molecule has 28 heavy (non-hydrogen) atoms. The van der Waals surface area contributed by atoms with Crippen molar-refractivity contribution in [1.29, 1.82) is 0 Å². The van der Waals surface area contributed by atoms with Crippen molar-refractivity contribution in [3.8, 4) is 0 Å². The zero-order chi connectivity index (χ0) is 21.3. The Kier molecular flexibility index (Phi) is 6.75. The Bertz CT molecular complexity index is 735. The van der Waals surface area contributed by atoms with Crippen LogP contribution in [0.1, 0.15) is 42.3 Å². The Balaban J connectivity index is 0.000000345. The summed E-state index contributed by atoms with van der Waals surface area (Å²) in [7, 11) is 0. The number of amides is 1. The van der Waals surface area contributed by atoms with Gasteiger partial charge in [-0.3, -0.25) is 9.69 Å². The van der Waals surface area contributed by atoms with Crippen molar-refractivity contribution in [2.24, 2.45) is 5.41 Å². The number of carboxylic acid groups (broad SMARTS) is 1. The maximum atomic E-state index is 12.5. The molecule has 2 saturated heterocycles. The highest BCUT2D eigenvalue weighted by Gasteiger charge is 2.54. The maximum absolute atomic E-state index is 12.5. The van der Waals surface area contributed by atoms with Crippen LogP contribution in [0.15, 0.2) is 0 Å². The molecule has 0 aliphatic carbocycles. The van der Waals surface area contributed by atoms with Crippen LogP contribution >= 0.6 is 11.3 Å². The average molecular weight is 421 g/mol. The summed E-state index contributed by atoms with van der Waals surface area (Å²) >= 11 is 1.79. The molecule has 2 fully saturated rings. The molecule has 1 N–H and O–H groups in total. The van der Waals surface area contributed by atoms with Crippen molar-refractivity contribution in [3.05, 3.63) is 15.6 Å². The molecular weight excluding hydrogens is 395 g/mol. The van der Waals surface area contributed by atoms with Crippen molar-refractivity contribution in [2.45, 2.75) is 59.3 Å². The summed E-state index contributed by atoms with van der Waals surface area (Å²) in [5, 5.41) is 8.26. The number of nitrogens with zero attached hydrogens (tertiary/aromatic N) is 3. The Labute approximate surface area is 166 Å². The average Bonchev–Trinajstić information content (AvgIpc) is 2.89. The number of piperidine rings is 1. The molecular formula is C18H26F3N3O3S. The van der Waals surface area contributed by atoms with Gasteiger partial charge >= 0.3 is 12.1 Å². The molecule has 1 amide bonds. The lowest BCUT2D eigenvalue weighted by molar-refractivity contribution is -0.192. The van der Waals surface area contributed by atoms with Crippen LogP contribution in [0.3, 0.4) is 0 Å². The quantitative estimate of drug-likeness (QED) is 0.759. The van der Waals surface area contributed by atoms with Gasteiger partial charge in [-0.1, -0.05) is 0 Å². The summed E-state index contributed by atoms with van der Waals surface area (Å²) in [6, 6.07) is 0.338. The minimum atomic E-state index is -5.08. The van der Waals surface area contributed by atoms with Crippen LogP contribution in [0.2, 0.25) is 0 Å². The van der Waals surface area contributed by atoms with Gasteiger partial charge in [-0.05, 0) is 47.1 Å². The van der Waals surface area contributed by atoms with Gasteiger partial charge in [0.1, 0.15) is 0 Å². The molecule has 3 heterocycles. The van der Waals surface area contributed by atoms with E-state index in [0.717, 1.165) is 49.7 Å². The Morgan fingerprint density at radius 3 is 2.36 bits per heavy atom. The van der Waals surface area contributed by atoms with E-state index in [0.29, 0.717) is 11.9 Å². The third-order valence-electron chi connectivity index (χ3n) is 5.08. The standard InChI is InChI=1S/C16H25N3OS.C2HF3O2/c1-11(2)19-10-16(15(19)20)6-5-7-18(9-16)8-14-12(3)17-13(4)21-14;3-2(4,5)1(6)7/h11H,5-10H2,1-4H3;(H,6,7). The minimum Gasteiger partial charge on any atom is -0.475 e. The van der Waals surface area contributed by atoms with Gasteiger partial charge in [0.25, 0.3) is 0 Å². The number of carbonyl (C=O) groups excluding carboxylic acids is 1. The number of halogens is 3. The topological polar surface area (TPSA) is 73.7 Å². The molecule has 1 aromatic heterocycles. The predicted molar refractivity (Wildman–Crippen MR) is 99.1 cm³/mol. The summed E-state index contributed by atoms with van der Waals surface area (Å²) in [6.07, 6.45) is -2.89. The second-order valence-electron chi connectivity index (χ2n) is 7.67. The number of hydrogen-bond donors (Lipinski definition) is 1. The van der Waals surface area contributed by atoms with Crippen molar-refractivity contribution in [2.75, 3.05) is 19.6 Å². The van der Waals surface area contributed by atoms with E-state index in [4.69, 9.17) is 9.90 Å². The minimum absolute atomic E-state index is 0.0871. The van der Waals surface area contributed by atoms with E-state index in [1.54, 1.807) is 11.3 Å². The fraction of sp³-hybridized carbons (Fsp3) is 0.722. The smallest absolute Gasteiger partial charge is 0.475 e. The number of aryl methyl sites for hydroxylation is 2. The molecule has 6 nitrogen and oxygen atoms in total.